The van der Waals surface area contributed by atoms with Gasteiger partial charge in [0.1, 0.15) is 5.82 Å². The van der Waals surface area contributed by atoms with Gasteiger partial charge in [0.2, 0.25) is 0 Å². The molecule has 0 amide bonds. The number of carbonyl (C=O) groups is 1. The van der Waals surface area contributed by atoms with Gasteiger partial charge in [-0.25, -0.2) is 9.97 Å². The van der Waals surface area contributed by atoms with Crippen molar-refractivity contribution in [1.82, 2.24) is 9.97 Å². The summed E-state index contributed by atoms with van der Waals surface area (Å²) in [4.78, 5) is 20.7. The molecular formula is C15H16N2O. The topological polar surface area (TPSA) is 42.9 Å². The first-order chi connectivity index (χ1) is 8.69. The molecule has 0 saturated carbocycles. The summed E-state index contributed by atoms with van der Waals surface area (Å²) < 4.78 is 0. The Morgan fingerprint density at radius 3 is 2.44 bits per heavy atom. The van der Waals surface area contributed by atoms with Crippen LogP contribution in [0.3, 0.4) is 0 Å². The van der Waals surface area contributed by atoms with Crippen LogP contribution >= 0.6 is 0 Å². The third-order valence-corrected chi connectivity index (χ3v) is 2.74. The van der Waals surface area contributed by atoms with E-state index in [0.717, 1.165) is 29.2 Å². The number of rotatable bonds is 4. The predicted molar refractivity (Wildman–Crippen MR) is 70.6 cm³/mol. The second kappa shape index (κ2) is 5.54. The quantitative estimate of drug-likeness (QED) is 0.772. The van der Waals surface area contributed by atoms with Gasteiger partial charge in [0.25, 0.3) is 0 Å². The van der Waals surface area contributed by atoms with Crippen molar-refractivity contribution >= 4 is 5.78 Å². The van der Waals surface area contributed by atoms with Gasteiger partial charge in [-0.05, 0) is 19.4 Å². The number of aryl methyl sites for hydroxylation is 2. The SMILES string of the molecule is CCc1cc(CC(=O)c2ccccc2)nc(C)n1. The average Bonchev–Trinajstić information content (AvgIpc) is 2.39. The highest BCUT2D eigenvalue weighted by molar-refractivity contribution is 5.97. The van der Waals surface area contributed by atoms with Crippen LogP contribution in [0.4, 0.5) is 0 Å². The fraction of sp³-hybridized carbons (Fsp3) is 0.267. The van der Waals surface area contributed by atoms with Crippen LogP contribution in [0.25, 0.3) is 0 Å². The number of benzene rings is 1. The van der Waals surface area contributed by atoms with Gasteiger partial charge in [0, 0.05) is 11.3 Å². The molecule has 1 heterocycles. The number of ketones is 1. The first-order valence-electron chi connectivity index (χ1n) is 6.10. The molecule has 0 aliphatic heterocycles. The van der Waals surface area contributed by atoms with E-state index in [9.17, 15) is 4.79 Å². The third-order valence-electron chi connectivity index (χ3n) is 2.74. The van der Waals surface area contributed by atoms with Crippen molar-refractivity contribution in [2.24, 2.45) is 0 Å². The molecule has 0 spiro atoms. The maximum atomic E-state index is 12.1. The summed E-state index contributed by atoms with van der Waals surface area (Å²) in [5.41, 5.74) is 2.51. The van der Waals surface area contributed by atoms with Crippen molar-refractivity contribution < 1.29 is 4.79 Å². The van der Waals surface area contributed by atoms with Gasteiger partial charge in [0.15, 0.2) is 5.78 Å². The van der Waals surface area contributed by atoms with Crippen LogP contribution in [-0.2, 0) is 12.8 Å². The van der Waals surface area contributed by atoms with E-state index >= 15 is 0 Å². The molecule has 2 aromatic rings. The molecule has 1 aromatic heterocycles. The largest absolute Gasteiger partial charge is 0.294 e. The Hall–Kier alpha value is -2.03. The normalized spacial score (nSPS) is 10.3. The lowest BCUT2D eigenvalue weighted by atomic mass is 10.1. The molecule has 92 valence electrons. The van der Waals surface area contributed by atoms with Crippen molar-refractivity contribution in [1.29, 1.82) is 0 Å². The fourth-order valence-corrected chi connectivity index (χ4v) is 1.86. The van der Waals surface area contributed by atoms with E-state index in [1.54, 1.807) is 0 Å². The minimum atomic E-state index is 0.0933. The molecule has 0 unspecified atom stereocenters. The summed E-state index contributed by atoms with van der Waals surface area (Å²) in [5, 5.41) is 0. The number of hydrogen-bond acceptors (Lipinski definition) is 3. The predicted octanol–water partition coefficient (Wildman–Crippen LogP) is 2.77. The minimum Gasteiger partial charge on any atom is -0.294 e. The second-order valence-corrected chi connectivity index (χ2v) is 4.22. The van der Waals surface area contributed by atoms with Gasteiger partial charge < -0.3 is 0 Å². The molecule has 18 heavy (non-hydrogen) atoms. The zero-order chi connectivity index (χ0) is 13.0. The second-order valence-electron chi connectivity index (χ2n) is 4.22. The Morgan fingerprint density at radius 1 is 1.11 bits per heavy atom. The summed E-state index contributed by atoms with van der Waals surface area (Å²) in [6.45, 7) is 3.90. The Balaban J connectivity index is 2.19. The van der Waals surface area contributed by atoms with E-state index in [0.29, 0.717) is 6.42 Å². The van der Waals surface area contributed by atoms with Crippen molar-refractivity contribution in [3.05, 3.63) is 59.2 Å². The zero-order valence-electron chi connectivity index (χ0n) is 10.7. The van der Waals surface area contributed by atoms with Crippen LogP contribution in [0.1, 0.15) is 34.5 Å². The lowest BCUT2D eigenvalue weighted by Gasteiger charge is -2.04. The molecule has 2 rings (SSSR count). The molecule has 0 bridgehead atoms. The van der Waals surface area contributed by atoms with Gasteiger partial charge in [-0.15, -0.1) is 0 Å². The molecule has 0 N–H and O–H groups in total. The van der Waals surface area contributed by atoms with Gasteiger partial charge in [-0.2, -0.15) is 0 Å². The molecular weight excluding hydrogens is 224 g/mol. The van der Waals surface area contributed by atoms with Crippen LogP contribution in [0.5, 0.6) is 0 Å². The number of nitrogens with zero attached hydrogens (tertiary/aromatic N) is 2. The number of aromatic nitrogens is 2. The van der Waals surface area contributed by atoms with Gasteiger partial charge >= 0.3 is 0 Å². The van der Waals surface area contributed by atoms with Crippen molar-refractivity contribution in [2.45, 2.75) is 26.7 Å². The van der Waals surface area contributed by atoms with Gasteiger partial charge in [-0.3, -0.25) is 4.79 Å². The minimum absolute atomic E-state index is 0.0933. The molecule has 3 nitrogen and oxygen atoms in total. The first-order valence-corrected chi connectivity index (χ1v) is 6.10. The van der Waals surface area contributed by atoms with Gasteiger partial charge in [-0.1, -0.05) is 37.3 Å². The van der Waals surface area contributed by atoms with Crippen LogP contribution in [0.2, 0.25) is 0 Å². The van der Waals surface area contributed by atoms with E-state index in [1.165, 1.54) is 0 Å². The molecule has 0 aliphatic carbocycles. The summed E-state index contributed by atoms with van der Waals surface area (Å²) >= 11 is 0. The van der Waals surface area contributed by atoms with E-state index in [2.05, 4.69) is 9.97 Å². The monoisotopic (exact) mass is 240 g/mol. The highest BCUT2D eigenvalue weighted by Crippen LogP contribution is 2.08. The smallest absolute Gasteiger partial charge is 0.168 e. The van der Waals surface area contributed by atoms with E-state index in [4.69, 9.17) is 0 Å². The summed E-state index contributed by atoms with van der Waals surface area (Å²) in [6, 6.07) is 11.2. The van der Waals surface area contributed by atoms with E-state index < -0.39 is 0 Å². The van der Waals surface area contributed by atoms with Crippen molar-refractivity contribution in [3.8, 4) is 0 Å². The highest BCUT2D eigenvalue weighted by atomic mass is 16.1. The summed E-state index contributed by atoms with van der Waals surface area (Å²) in [7, 11) is 0. The molecule has 3 heteroatoms. The first kappa shape index (κ1) is 12.4. The molecule has 0 aliphatic rings. The molecule has 0 saturated heterocycles. The lowest BCUT2D eigenvalue weighted by molar-refractivity contribution is 0.0992. The Morgan fingerprint density at radius 2 is 1.78 bits per heavy atom. The average molecular weight is 240 g/mol. The lowest BCUT2D eigenvalue weighted by Crippen LogP contribution is -2.07. The van der Waals surface area contributed by atoms with Crippen molar-refractivity contribution in [2.75, 3.05) is 0 Å². The standard InChI is InChI=1S/C15H16N2O/c1-3-13-9-14(17-11(2)16-13)10-15(18)12-7-5-4-6-8-12/h4-9H,3,10H2,1-2H3. The Bertz CT molecular complexity index is 550. The van der Waals surface area contributed by atoms with Crippen LogP contribution in [0.15, 0.2) is 36.4 Å². The van der Waals surface area contributed by atoms with E-state index in [-0.39, 0.29) is 5.78 Å². The Labute approximate surface area is 107 Å². The van der Waals surface area contributed by atoms with E-state index in [1.807, 2.05) is 50.2 Å². The molecule has 0 radical (unpaired) electrons. The highest BCUT2D eigenvalue weighted by Gasteiger charge is 2.09. The van der Waals surface area contributed by atoms with Crippen molar-refractivity contribution in [3.63, 3.8) is 0 Å². The fourth-order valence-electron chi connectivity index (χ4n) is 1.86. The third kappa shape index (κ3) is 3.00. The zero-order valence-corrected chi connectivity index (χ0v) is 10.7. The molecule has 1 aromatic carbocycles. The molecule has 0 fully saturated rings. The summed E-state index contributed by atoms with van der Waals surface area (Å²) in [6.07, 6.45) is 1.19. The van der Waals surface area contributed by atoms with Gasteiger partial charge in [0.05, 0.1) is 12.1 Å². The number of carbonyl (C=O) groups excluding carboxylic acids is 1. The number of Topliss-reactive ketones (excluding diaryl/α,β-unsaturated/α-hetero) is 1. The van der Waals surface area contributed by atoms with Crippen LogP contribution in [0, 0.1) is 6.92 Å². The maximum Gasteiger partial charge on any atom is 0.168 e. The maximum absolute atomic E-state index is 12.1. The molecule has 0 atom stereocenters. The van der Waals surface area contributed by atoms with Crippen LogP contribution < -0.4 is 0 Å². The summed E-state index contributed by atoms with van der Waals surface area (Å²) in [5.74, 6) is 0.820. The Kier molecular flexibility index (Phi) is 3.82. The van der Waals surface area contributed by atoms with Crippen LogP contribution in [-0.4, -0.2) is 15.8 Å². The number of hydrogen-bond donors (Lipinski definition) is 0.